The first-order chi connectivity index (χ1) is 7.67. The van der Waals surface area contributed by atoms with E-state index >= 15 is 0 Å². The number of amides is 1. The normalized spacial score (nSPS) is 10.4. The lowest BCUT2D eigenvalue weighted by Gasteiger charge is -2.04. The molecule has 0 aliphatic rings. The van der Waals surface area contributed by atoms with E-state index in [4.69, 9.17) is 29.5 Å². The Bertz CT molecular complexity index is 553. The molecule has 0 saturated carbocycles. The van der Waals surface area contributed by atoms with Gasteiger partial charge in [-0.15, -0.1) is 0 Å². The van der Waals surface area contributed by atoms with Gasteiger partial charge in [-0.1, -0.05) is 0 Å². The van der Waals surface area contributed by atoms with Crippen LogP contribution in [0, 0.1) is 0 Å². The highest BCUT2D eigenvalue weighted by Crippen LogP contribution is 2.34. The fourth-order valence-electron chi connectivity index (χ4n) is 1.45. The zero-order chi connectivity index (χ0) is 11.7. The minimum Gasteiger partial charge on any atom is -0.381 e. The molecule has 0 radical (unpaired) electrons. The average molecular weight is 261 g/mol. The number of halogens is 2. The van der Waals surface area contributed by atoms with E-state index in [0.29, 0.717) is 5.52 Å². The van der Waals surface area contributed by atoms with Gasteiger partial charge in [0.2, 0.25) is 0 Å². The summed E-state index contributed by atoms with van der Waals surface area (Å²) in [7, 11) is 0. The van der Waals surface area contributed by atoms with Crippen molar-refractivity contribution in [2.24, 2.45) is 5.73 Å². The van der Waals surface area contributed by atoms with Crippen LogP contribution in [0.5, 0.6) is 11.5 Å². The number of nitrogens with two attached hydrogens (primary N) is 1. The lowest BCUT2D eigenvalue weighted by molar-refractivity contribution is 0.251. The van der Waals surface area contributed by atoms with Gasteiger partial charge in [0.25, 0.3) is 0 Å². The molecular formula is C9H6Cl2N2O3. The molecule has 7 heteroatoms. The first kappa shape index (κ1) is 10.9. The Hall–Kier alpha value is -1.59. The van der Waals surface area contributed by atoms with Gasteiger partial charge in [0.15, 0.2) is 11.5 Å². The molecule has 0 spiro atoms. The van der Waals surface area contributed by atoms with Crippen molar-refractivity contribution < 1.29 is 13.4 Å². The number of fused-ring (bicyclic) bond motifs is 1. The number of primary amides is 1. The summed E-state index contributed by atoms with van der Waals surface area (Å²) in [6, 6.07) is 4.18. The number of carbonyl (C=O) groups is 1. The molecule has 0 aliphatic carbocycles. The van der Waals surface area contributed by atoms with Crippen LogP contribution >= 0.6 is 23.7 Å². The zero-order valence-electron chi connectivity index (χ0n) is 7.81. The second-order valence-corrected chi connectivity index (χ2v) is 3.34. The van der Waals surface area contributed by atoms with E-state index in [0.717, 1.165) is 5.39 Å². The smallest absolute Gasteiger partial charge is 0.323 e. The predicted molar refractivity (Wildman–Crippen MR) is 59.9 cm³/mol. The molecule has 0 atom stereocenters. The topological polar surface area (TPSA) is 66.5 Å². The number of aromatic nitrogens is 1. The van der Waals surface area contributed by atoms with Crippen molar-refractivity contribution in [3.63, 3.8) is 0 Å². The highest BCUT2D eigenvalue weighted by Gasteiger charge is 2.12. The maximum Gasteiger partial charge on any atom is 0.323 e. The van der Waals surface area contributed by atoms with E-state index in [1.54, 1.807) is 12.1 Å². The minimum absolute atomic E-state index is 0.199. The summed E-state index contributed by atoms with van der Waals surface area (Å²) in [5.74, 6) is 0.455. The summed E-state index contributed by atoms with van der Waals surface area (Å²) in [5, 5.41) is 0.729. The van der Waals surface area contributed by atoms with Gasteiger partial charge >= 0.3 is 6.03 Å². The number of hydrogen-bond donors (Lipinski definition) is 1. The number of nitrogens with zero attached hydrogens (tertiary/aromatic N) is 1. The number of hydrogen-bond acceptors (Lipinski definition) is 3. The molecular weight excluding hydrogens is 255 g/mol. The van der Waals surface area contributed by atoms with Crippen molar-refractivity contribution in [1.29, 1.82) is 0 Å². The molecule has 0 aliphatic heterocycles. The summed E-state index contributed by atoms with van der Waals surface area (Å²) in [5.41, 5.74) is 5.74. The SMILES string of the molecule is NC(=O)n1ccc2cc(OCl)c(OCl)cc21. The van der Waals surface area contributed by atoms with Crippen molar-refractivity contribution in [3.05, 3.63) is 24.4 Å². The van der Waals surface area contributed by atoms with Crippen molar-refractivity contribution in [2.45, 2.75) is 0 Å². The summed E-state index contributed by atoms with van der Waals surface area (Å²) >= 11 is 10.5. The molecule has 0 fully saturated rings. The Balaban J connectivity index is 2.71. The number of rotatable bonds is 2. The van der Waals surface area contributed by atoms with Crippen molar-refractivity contribution in [1.82, 2.24) is 4.57 Å². The first-order valence-corrected chi connectivity index (χ1v) is 4.81. The van der Waals surface area contributed by atoms with Crippen LogP contribution in [0.3, 0.4) is 0 Å². The second kappa shape index (κ2) is 4.11. The maximum atomic E-state index is 11.1. The summed E-state index contributed by atoms with van der Waals surface area (Å²) < 4.78 is 10.4. The van der Waals surface area contributed by atoms with E-state index in [-0.39, 0.29) is 11.5 Å². The van der Waals surface area contributed by atoms with E-state index in [2.05, 4.69) is 8.58 Å². The summed E-state index contributed by atoms with van der Waals surface area (Å²) in [6.45, 7) is 0. The molecule has 0 saturated heterocycles. The molecule has 0 unspecified atom stereocenters. The van der Waals surface area contributed by atoms with Crippen LogP contribution in [0.15, 0.2) is 24.4 Å². The predicted octanol–water partition coefficient (Wildman–Crippen LogP) is 2.63. The third kappa shape index (κ3) is 1.64. The lowest BCUT2D eigenvalue weighted by atomic mass is 10.2. The van der Waals surface area contributed by atoms with Gasteiger partial charge in [0, 0.05) is 17.6 Å². The molecule has 2 rings (SSSR count). The van der Waals surface area contributed by atoms with Crippen LogP contribution in [0.4, 0.5) is 4.79 Å². The van der Waals surface area contributed by atoms with Crippen molar-refractivity contribution in [2.75, 3.05) is 0 Å². The van der Waals surface area contributed by atoms with Crippen LogP contribution in [0.25, 0.3) is 10.9 Å². The maximum absolute atomic E-state index is 11.1. The van der Waals surface area contributed by atoms with Gasteiger partial charge in [-0.25, -0.2) is 4.79 Å². The summed E-state index contributed by atoms with van der Waals surface area (Å²) in [6.07, 6.45) is 1.53. The van der Waals surface area contributed by atoms with Crippen LogP contribution < -0.4 is 14.3 Å². The Morgan fingerprint density at radius 1 is 1.25 bits per heavy atom. The lowest BCUT2D eigenvalue weighted by Crippen LogP contribution is -2.18. The third-order valence-electron chi connectivity index (χ3n) is 2.16. The Kier molecular flexibility index (Phi) is 2.80. The fourth-order valence-corrected chi connectivity index (χ4v) is 1.70. The largest absolute Gasteiger partial charge is 0.381 e. The van der Waals surface area contributed by atoms with Crippen LogP contribution in [-0.2, 0) is 0 Å². The molecule has 2 aromatic rings. The van der Waals surface area contributed by atoms with Gasteiger partial charge in [-0.3, -0.25) is 4.57 Å². The van der Waals surface area contributed by atoms with E-state index in [1.165, 1.54) is 16.8 Å². The minimum atomic E-state index is -0.602. The molecule has 1 aromatic carbocycles. The highest BCUT2D eigenvalue weighted by molar-refractivity contribution is 6.11. The van der Waals surface area contributed by atoms with Gasteiger partial charge in [-0.2, -0.15) is 0 Å². The molecule has 0 bridgehead atoms. The monoisotopic (exact) mass is 260 g/mol. The Morgan fingerprint density at radius 2 is 1.88 bits per heavy atom. The van der Waals surface area contributed by atoms with E-state index < -0.39 is 6.03 Å². The Labute approximate surface area is 101 Å². The number of carbonyl (C=O) groups excluding carboxylic acids is 1. The van der Waals surface area contributed by atoms with Crippen LogP contribution in [-0.4, -0.2) is 10.6 Å². The standard InChI is InChI=1S/C9H6Cl2N2O3/c10-15-7-3-5-1-2-13(9(12)14)6(5)4-8(7)16-11/h1-4H,(H2,12,14). The molecule has 2 N–H and O–H groups in total. The quantitative estimate of drug-likeness (QED) is 0.903. The second-order valence-electron chi connectivity index (χ2n) is 3.04. The molecule has 5 nitrogen and oxygen atoms in total. The van der Waals surface area contributed by atoms with E-state index in [1.807, 2.05) is 0 Å². The average Bonchev–Trinajstić information content (AvgIpc) is 2.69. The summed E-state index contributed by atoms with van der Waals surface area (Å²) in [4.78, 5) is 11.1. The molecule has 1 aromatic heterocycles. The van der Waals surface area contributed by atoms with Crippen molar-refractivity contribution in [3.8, 4) is 11.5 Å². The van der Waals surface area contributed by atoms with Gasteiger partial charge in [0.05, 0.1) is 5.52 Å². The number of benzene rings is 1. The van der Waals surface area contributed by atoms with Crippen LogP contribution in [0.1, 0.15) is 0 Å². The van der Waals surface area contributed by atoms with Gasteiger partial charge in [0.1, 0.15) is 23.7 Å². The highest BCUT2D eigenvalue weighted by atomic mass is 35.5. The Morgan fingerprint density at radius 3 is 2.44 bits per heavy atom. The van der Waals surface area contributed by atoms with Gasteiger partial charge in [-0.05, 0) is 12.1 Å². The van der Waals surface area contributed by atoms with Gasteiger partial charge < -0.3 is 14.3 Å². The molecule has 1 amide bonds. The third-order valence-corrected chi connectivity index (χ3v) is 2.49. The van der Waals surface area contributed by atoms with Crippen molar-refractivity contribution >= 4 is 40.7 Å². The zero-order valence-corrected chi connectivity index (χ0v) is 9.33. The molecule has 1 heterocycles. The first-order valence-electron chi connectivity index (χ1n) is 4.19. The fraction of sp³-hybridized carbons (Fsp3) is 0. The van der Waals surface area contributed by atoms with Crippen LogP contribution in [0.2, 0.25) is 0 Å². The molecule has 16 heavy (non-hydrogen) atoms. The van der Waals surface area contributed by atoms with E-state index in [9.17, 15) is 4.79 Å². The molecule has 84 valence electrons.